The minimum Gasteiger partial charge on any atom is -0.355 e. The first-order valence-electron chi connectivity index (χ1n) is 10.2. The number of carbonyl (C=O) groups excluding carboxylic acids is 1. The van der Waals surface area contributed by atoms with Gasteiger partial charge in [0.2, 0.25) is 5.91 Å². The van der Waals surface area contributed by atoms with Crippen LogP contribution in [0.25, 0.3) is 0 Å². The molecule has 0 saturated carbocycles. The van der Waals surface area contributed by atoms with Crippen LogP contribution in [0.4, 0.5) is 0 Å². The molecule has 1 N–H and O–H groups in total. The number of aromatic nitrogens is 3. The summed E-state index contributed by atoms with van der Waals surface area (Å²) in [7, 11) is 0. The van der Waals surface area contributed by atoms with Crippen LogP contribution in [0.3, 0.4) is 0 Å². The predicted octanol–water partition coefficient (Wildman–Crippen LogP) is 2.32. The van der Waals surface area contributed by atoms with E-state index in [9.17, 15) is 4.79 Å². The monoisotopic (exact) mass is 347 g/mol. The number of likely N-dealkylation sites (tertiary alicyclic amines) is 1. The predicted molar refractivity (Wildman–Crippen MR) is 98.4 cm³/mol. The Labute approximate surface area is 151 Å². The van der Waals surface area contributed by atoms with Crippen LogP contribution < -0.4 is 5.32 Å². The highest BCUT2D eigenvalue weighted by Crippen LogP contribution is 2.15. The summed E-state index contributed by atoms with van der Waals surface area (Å²) in [6.07, 6.45) is 11.6. The van der Waals surface area contributed by atoms with Gasteiger partial charge in [0.05, 0.1) is 6.04 Å². The first-order valence-corrected chi connectivity index (χ1v) is 10.2. The molecule has 140 valence electrons. The molecule has 0 bridgehead atoms. The number of hydrogen-bond acceptors (Lipinski definition) is 4. The molecule has 1 aromatic rings. The molecule has 3 rings (SSSR count). The van der Waals surface area contributed by atoms with Crippen LogP contribution in [0.1, 0.15) is 69.9 Å². The topological polar surface area (TPSA) is 63.1 Å². The van der Waals surface area contributed by atoms with Crippen LogP contribution in [-0.4, -0.2) is 51.2 Å². The second-order valence-electron chi connectivity index (χ2n) is 7.52. The average Bonchev–Trinajstić information content (AvgIpc) is 2.84. The van der Waals surface area contributed by atoms with Gasteiger partial charge in [-0.1, -0.05) is 19.3 Å². The first kappa shape index (κ1) is 18.4. The molecule has 25 heavy (non-hydrogen) atoms. The van der Waals surface area contributed by atoms with Gasteiger partial charge in [-0.05, 0) is 52.1 Å². The molecule has 0 radical (unpaired) electrons. The fourth-order valence-electron chi connectivity index (χ4n) is 3.98. The Balaban J connectivity index is 1.40. The van der Waals surface area contributed by atoms with Crippen molar-refractivity contribution in [2.24, 2.45) is 0 Å². The molecule has 1 saturated heterocycles. The molecular weight excluding hydrogens is 314 g/mol. The smallest absolute Gasteiger partial charge is 0.237 e. The fourth-order valence-corrected chi connectivity index (χ4v) is 3.98. The van der Waals surface area contributed by atoms with Gasteiger partial charge >= 0.3 is 0 Å². The zero-order valence-electron chi connectivity index (χ0n) is 15.7. The molecule has 1 atom stereocenters. The number of amides is 1. The highest BCUT2D eigenvalue weighted by Gasteiger charge is 2.21. The lowest BCUT2D eigenvalue weighted by molar-refractivity contribution is -0.125. The maximum absolute atomic E-state index is 12.4. The molecule has 6 heteroatoms. The zero-order chi connectivity index (χ0) is 17.5. The number of aryl methyl sites for hydroxylation is 2. The lowest BCUT2D eigenvalue weighted by Gasteiger charge is -2.26. The van der Waals surface area contributed by atoms with Crippen molar-refractivity contribution in [1.82, 2.24) is 25.0 Å². The second-order valence-corrected chi connectivity index (χ2v) is 7.52. The standard InChI is InChI=1S/C19H33N5O/c1-16(23-13-6-2-3-7-14-23)19(25)20-12-9-11-18-22-21-17-10-5-4-8-15-24(17)18/h16H,2-15H2,1H3,(H,20,25). The Morgan fingerprint density at radius 1 is 1.04 bits per heavy atom. The third kappa shape index (κ3) is 5.03. The number of hydrogen-bond donors (Lipinski definition) is 1. The van der Waals surface area contributed by atoms with Crippen LogP contribution in [-0.2, 0) is 24.2 Å². The summed E-state index contributed by atoms with van der Waals surface area (Å²) >= 11 is 0. The van der Waals surface area contributed by atoms with Crippen LogP contribution >= 0.6 is 0 Å². The Morgan fingerprint density at radius 3 is 2.56 bits per heavy atom. The molecule has 1 unspecified atom stereocenters. The molecule has 0 aromatic carbocycles. The lowest BCUT2D eigenvalue weighted by Crippen LogP contribution is -2.45. The van der Waals surface area contributed by atoms with Gasteiger partial charge < -0.3 is 9.88 Å². The van der Waals surface area contributed by atoms with Gasteiger partial charge in [-0.3, -0.25) is 9.69 Å². The van der Waals surface area contributed by atoms with E-state index in [1.807, 2.05) is 6.92 Å². The van der Waals surface area contributed by atoms with E-state index in [4.69, 9.17) is 0 Å². The van der Waals surface area contributed by atoms with Crippen molar-refractivity contribution >= 4 is 5.91 Å². The molecule has 1 amide bonds. The van der Waals surface area contributed by atoms with Crippen LogP contribution in [0, 0.1) is 0 Å². The first-order chi connectivity index (χ1) is 12.3. The number of nitrogens with zero attached hydrogens (tertiary/aromatic N) is 4. The van der Waals surface area contributed by atoms with Gasteiger partial charge in [-0.2, -0.15) is 0 Å². The summed E-state index contributed by atoms with van der Waals surface area (Å²) in [4.78, 5) is 14.7. The number of rotatable bonds is 6. The molecule has 3 heterocycles. The zero-order valence-corrected chi connectivity index (χ0v) is 15.7. The van der Waals surface area contributed by atoms with Crippen molar-refractivity contribution < 1.29 is 4.79 Å². The van der Waals surface area contributed by atoms with Crippen LogP contribution in [0.15, 0.2) is 0 Å². The summed E-state index contributed by atoms with van der Waals surface area (Å²) < 4.78 is 2.30. The van der Waals surface area contributed by atoms with Gasteiger partial charge in [0.25, 0.3) is 0 Å². The van der Waals surface area contributed by atoms with E-state index < -0.39 is 0 Å². The van der Waals surface area contributed by atoms with E-state index in [0.29, 0.717) is 0 Å². The van der Waals surface area contributed by atoms with Crippen LogP contribution in [0.2, 0.25) is 0 Å². The third-order valence-corrected chi connectivity index (χ3v) is 5.63. The maximum Gasteiger partial charge on any atom is 0.237 e. The largest absolute Gasteiger partial charge is 0.355 e. The Kier molecular flexibility index (Phi) is 6.84. The van der Waals surface area contributed by atoms with Gasteiger partial charge in [-0.15, -0.1) is 10.2 Å². The van der Waals surface area contributed by atoms with E-state index in [1.165, 1.54) is 44.9 Å². The summed E-state index contributed by atoms with van der Waals surface area (Å²) in [5.74, 6) is 2.40. The third-order valence-electron chi connectivity index (χ3n) is 5.63. The maximum atomic E-state index is 12.4. The van der Waals surface area contributed by atoms with E-state index >= 15 is 0 Å². The van der Waals surface area contributed by atoms with Crippen molar-refractivity contribution in [1.29, 1.82) is 0 Å². The van der Waals surface area contributed by atoms with E-state index in [-0.39, 0.29) is 11.9 Å². The molecule has 0 aliphatic carbocycles. The quantitative estimate of drug-likeness (QED) is 0.802. The lowest BCUT2D eigenvalue weighted by atomic mass is 10.2. The van der Waals surface area contributed by atoms with Crippen molar-refractivity contribution in [2.75, 3.05) is 19.6 Å². The summed E-state index contributed by atoms with van der Waals surface area (Å²) in [6.45, 7) is 5.93. The Hall–Kier alpha value is -1.43. The molecule has 2 aliphatic rings. The Bertz CT molecular complexity index is 548. The summed E-state index contributed by atoms with van der Waals surface area (Å²) in [6, 6.07) is -0.0116. The molecule has 1 fully saturated rings. The number of nitrogens with one attached hydrogen (secondary N) is 1. The van der Waals surface area contributed by atoms with Crippen molar-refractivity contribution in [2.45, 2.75) is 83.7 Å². The highest BCUT2D eigenvalue weighted by molar-refractivity contribution is 5.81. The fraction of sp³-hybridized carbons (Fsp3) is 0.842. The number of carbonyl (C=O) groups is 1. The SMILES string of the molecule is CC(C(=O)NCCCc1nnc2n1CCCCC2)N1CCCCCC1. The highest BCUT2D eigenvalue weighted by atomic mass is 16.2. The van der Waals surface area contributed by atoms with Gasteiger partial charge in [0.1, 0.15) is 11.6 Å². The number of fused-ring (bicyclic) bond motifs is 1. The van der Waals surface area contributed by atoms with Crippen molar-refractivity contribution in [3.8, 4) is 0 Å². The molecule has 2 aliphatic heterocycles. The van der Waals surface area contributed by atoms with Crippen molar-refractivity contribution in [3.05, 3.63) is 11.6 Å². The van der Waals surface area contributed by atoms with Crippen LogP contribution in [0.5, 0.6) is 0 Å². The molecular formula is C19H33N5O. The molecule has 1 aromatic heterocycles. The minimum absolute atomic E-state index is 0.0116. The van der Waals surface area contributed by atoms with E-state index in [1.54, 1.807) is 0 Å². The van der Waals surface area contributed by atoms with Gasteiger partial charge in [0.15, 0.2) is 0 Å². The Morgan fingerprint density at radius 2 is 1.76 bits per heavy atom. The minimum atomic E-state index is -0.0116. The van der Waals surface area contributed by atoms with Gasteiger partial charge in [-0.25, -0.2) is 0 Å². The van der Waals surface area contributed by atoms with Gasteiger partial charge in [0, 0.05) is 25.9 Å². The summed E-state index contributed by atoms with van der Waals surface area (Å²) in [5, 5.41) is 11.8. The summed E-state index contributed by atoms with van der Waals surface area (Å²) in [5.41, 5.74) is 0. The van der Waals surface area contributed by atoms with E-state index in [2.05, 4.69) is 25.0 Å². The van der Waals surface area contributed by atoms with E-state index in [0.717, 1.165) is 57.1 Å². The average molecular weight is 348 g/mol. The molecule has 0 spiro atoms. The van der Waals surface area contributed by atoms with Crippen molar-refractivity contribution in [3.63, 3.8) is 0 Å². The normalized spacial score (nSPS) is 20.4. The molecule has 6 nitrogen and oxygen atoms in total. The second kappa shape index (κ2) is 9.32.